The van der Waals surface area contributed by atoms with Crippen LogP contribution in [0.2, 0.25) is 0 Å². The molecule has 0 amide bonds. The lowest BCUT2D eigenvalue weighted by molar-refractivity contribution is -0.138. The Balaban J connectivity index is 1.32. The van der Waals surface area contributed by atoms with Crippen LogP contribution in [0, 0.1) is 0 Å². The fourth-order valence-corrected chi connectivity index (χ4v) is 6.12. The fraction of sp³-hybridized carbons (Fsp3) is 0.333. The van der Waals surface area contributed by atoms with E-state index in [-0.39, 0.29) is 43.3 Å². The van der Waals surface area contributed by atoms with Gasteiger partial charge in [-0.1, -0.05) is 18.2 Å². The van der Waals surface area contributed by atoms with Gasteiger partial charge in [0.2, 0.25) is 5.88 Å². The third-order valence-electron chi connectivity index (χ3n) is 7.56. The minimum atomic E-state index is -2.97. The lowest BCUT2D eigenvalue weighted by atomic mass is 10.1. The number of anilines is 2. The molecule has 2 aliphatic rings. The van der Waals surface area contributed by atoms with Crippen LogP contribution in [0.15, 0.2) is 60.1 Å². The number of halogens is 4. The van der Waals surface area contributed by atoms with Gasteiger partial charge in [0.25, 0.3) is 12.3 Å². The predicted octanol–water partition coefficient (Wildman–Crippen LogP) is 6.17. The van der Waals surface area contributed by atoms with Gasteiger partial charge in [-0.05, 0) is 35.2 Å². The van der Waals surface area contributed by atoms with Crippen LogP contribution in [0.3, 0.4) is 0 Å². The van der Waals surface area contributed by atoms with Gasteiger partial charge in [-0.15, -0.1) is 11.3 Å². The first-order valence-electron chi connectivity index (χ1n) is 13.7. The normalized spacial score (nSPS) is 19.5. The average Bonchev–Trinajstić information content (AvgIpc) is 3.77. The van der Waals surface area contributed by atoms with Crippen LogP contribution in [0.5, 0.6) is 11.6 Å². The van der Waals surface area contributed by atoms with Crippen molar-refractivity contribution in [3.63, 3.8) is 0 Å². The van der Waals surface area contributed by atoms with E-state index in [0.717, 1.165) is 5.56 Å². The van der Waals surface area contributed by atoms with E-state index in [9.17, 15) is 27.5 Å². The van der Waals surface area contributed by atoms with Crippen LogP contribution >= 0.6 is 11.3 Å². The number of nitrogens with zero attached hydrogens (tertiary/aromatic N) is 5. The summed E-state index contributed by atoms with van der Waals surface area (Å²) in [6, 6.07) is 12.8. The summed E-state index contributed by atoms with van der Waals surface area (Å²) in [5.74, 6) is -4.08. The SMILES string of the molecule is COc1cccc(-c2cnc(O[C@H]3C[C@@H](C(=O)O)N(c4cc(-c5cccs5)nc(C(F)F)n4)C3)c(N3CCC(F)(F)C3)c2)c1. The first-order valence-corrected chi connectivity index (χ1v) is 14.6. The molecule has 0 radical (unpaired) electrons. The van der Waals surface area contributed by atoms with Crippen molar-refractivity contribution in [1.82, 2.24) is 15.0 Å². The maximum atomic E-state index is 14.3. The molecule has 0 unspecified atom stereocenters. The van der Waals surface area contributed by atoms with Crippen LogP contribution in [0.4, 0.5) is 29.1 Å². The zero-order chi connectivity index (χ0) is 31.0. The summed E-state index contributed by atoms with van der Waals surface area (Å²) in [7, 11) is 1.54. The van der Waals surface area contributed by atoms with Gasteiger partial charge < -0.3 is 24.4 Å². The van der Waals surface area contributed by atoms with Crippen molar-refractivity contribution in [2.24, 2.45) is 0 Å². The molecule has 0 saturated carbocycles. The molecule has 3 aromatic heterocycles. The monoisotopic (exact) mass is 629 g/mol. The summed E-state index contributed by atoms with van der Waals surface area (Å²) < 4.78 is 67.6. The van der Waals surface area contributed by atoms with E-state index in [0.29, 0.717) is 21.9 Å². The van der Waals surface area contributed by atoms with Crippen molar-refractivity contribution < 1.29 is 36.9 Å². The number of thiophene rings is 1. The van der Waals surface area contributed by atoms with Crippen LogP contribution < -0.4 is 19.3 Å². The molecule has 1 N–H and O–H groups in total. The Hall–Kier alpha value is -4.46. The summed E-state index contributed by atoms with van der Waals surface area (Å²) in [6.07, 6.45) is -2.54. The molecule has 2 saturated heterocycles. The minimum absolute atomic E-state index is 0.0184. The second-order valence-electron chi connectivity index (χ2n) is 10.5. The lowest BCUT2D eigenvalue weighted by Gasteiger charge is -2.24. The van der Waals surface area contributed by atoms with E-state index in [4.69, 9.17) is 9.47 Å². The summed E-state index contributed by atoms with van der Waals surface area (Å²) in [4.78, 5) is 28.3. The van der Waals surface area contributed by atoms with E-state index < -0.39 is 42.8 Å². The number of alkyl halides is 4. The molecule has 4 aromatic rings. The number of aromatic nitrogens is 3. The third-order valence-corrected chi connectivity index (χ3v) is 8.46. The number of hydrogen-bond donors (Lipinski definition) is 1. The first kappa shape index (κ1) is 29.6. The molecule has 0 bridgehead atoms. The quantitative estimate of drug-likeness (QED) is 0.218. The van der Waals surface area contributed by atoms with Crippen molar-refractivity contribution >= 4 is 28.8 Å². The van der Waals surface area contributed by atoms with Gasteiger partial charge in [0.05, 0.1) is 30.8 Å². The zero-order valence-corrected chi connectivity index (χ0v) is 24.2. The molecule has 44 heavy (non-hydrogen) atoms. The maximum Gasteiger partial charge on any atom is 0.326 e. The Morgan fingerprint density at radius 3 is 2.66 bits per heavy atom. The zero-order valence-electron chi connectivity index (χ0n) is 23.4. The molecule has 0 spiro atoms. The maximum absolute atomic E-state index is 14.3. The van der Waals surface area contributed by atoms with E-state index in [1.807, 2.05) is 6.07 Å². The van der Waals surface area contributed by atoms with E-state index in [1.54, 1.807) is 55.1 Å². The van der Waals surface area contributed by atoms with Crippen molar-refractivity contribution in [2.45, 2.75) is 37.3 Å². The highest BCUT2D eigenvalue weighted by molar-refractivity contribution is 7.13. The van der Waals surface area contributed by atoms with Gasteiger partial charge in [0.15, 0.2) is 5.82 Å². The number of ether oxygens (including phenoxy) is 2. The van der Waals surface area contributed by atoms with E-state index in [1.165, 1.54) is 27.2 Å². The minimum Gasteiger partial charge on any atom is -0.497 e. The van der Waals surface area contributed by atoms with Crippen LogP contribution in [0.1, 0.15) is 25.1 Å². The Bertz CT molecular complexity index is 1660. The third kappa shape index (κ3) is 6.11. The van der Waals surface area contributed by atoms with Gasteiger partial charge in [-0.3, -0.25) is 0 Å². The van der Waals surface area contributed by atoms with Gasteiger partial charge in [-0.2, -0.15) is 0 Å². The second kappa shape index (κ2) is 11.9. The highest BCUT2D eigenvalue weighted by atomic mass is 32.1. The lowest BCUT2D eigenvalue weighted by Crippen LogP contribution is -2.37. The molecule has 5 heterocycles. The Kier molecular flexibility index (Phi) is 8.01. The molecule has 0 aliphatic carbocycles. The number of hydrogen-bond acceptors (Lipinski definition) is 9. The van der Waals surface area contributed by atoms with Crippen molar-refractivity contribution in [3.05, 3.63) is 65.9 Å². The predicted molar refractivity (Wildman–Crippen MR) is 156 cm³/mol. The van der Waals surface area contributed by atoms with Gasteiger partial charge in [-0.25, -0.2) is 37.3 Å². The van der Waals surface area contributed by atoms with Gasteiger partial charge in [0.1, 0.15) is 29.4 Å². The molecular formula is C30H27F4N5O4S. The number of pyridine rings is 1. The van der Waals surface area contributed by atoms with Gasteiger partial charge in [0, 0.05) is 37.2 Å². The number of aliphatic carboxylic acids is 1. The number of carboxylic acids is 1. The summed E-state index contributed by atoms with van der Waals surface area (Å²) in [5, 5.41) is 11.8. The smallest absolute Gasteiger partial charge is 0.326 e. The molecular weight excluding hydrogens is 602 g/mol. The van der Waals surface area contributed by atoms with Crippen molar-refractivity contribution in [3.8, 4) is 33.3 Å². The molecule has 9 nitrogen and oxygen atoms in total. The Morgan fingerprint density at radius 2 is 1.98 bits per heavy atom. The number of carbonyl (C=O) groups is 1. The fourth-order valence-electron chi connectivity index (χ4n) is 5.44. The number of benzene rings is 1. The van der Waals surface area contributed by atoms with E-state index in [2.05, 4.69) is 15.0 Å². The summed E-state index contributed by atoms with van der Waals surface area (Å²) >= 11 is 1.30. The Morgan fingerprint density at radius 1 is 1.14 bits per heavy atom. The summed E-state index contributed by atoms with van der Waals surface area (Å²) in [6.45, 7) is -0.469. The molecule has 6 rings (SSSR count). The first-order chi connectivity index (χ1) is 21.1. The largest absolute Gasteiger partial charge is 0.497 e. The van der Waals surface area contributed by atoms with Crippen LogP contribution in [-0.2, 0) is 4.79 Å². The van der Waals surface area contributed by atoms with Crippen LogP contribution in [-0.4, -0.2) is 70.8 Å². The number of carboxylic acid groups (broad SMARTS) is 1. The highest BCUT2D eigenvalue weighted by Crippen LogP contribution is 2.40. The van der Waals surface area contributed by atoms with Crippen molar-refractivity contribution in [1.29, 1.82) is 0 Å². The number of methoxy groups -OCH3 is 1. The molecule has 2 aliphatic heterocycles. The second-order valence-corrected chi connectivity index (χ2v) is 11.5. The molecule has 230 valence electrons. The van der Waals surface area contributed by atoms with E-state index >= 15 is 0 Å². The Labute approximate surface area is 253 Å². The molecule has 14 heteroatoms. The van der Waals surface area contributed by atoms with Crippen LogP contribution in [0.25, 0.3) is 21.7 Å². The summed E-state index contributed by atoms with van der Waals surface area (Å²) in [5.41, 5.74) is 2.00. The molecule has 1 aromatic carbocycles. The average molecular weight is 630 g/mol. The standard InChI is InChI=1S/C30H27F4N5O4S/c1-42-19-5-2-4-17(10-19)18-11-22(38-8-7-30(33,34)16-38)28(35-14-18)43-20-12-23(29(40)41)39(15-20)25-13-21(24-6-3-9-44-24)36-27(37-25)26(31)32/h2-6,9-11,13-14,20,23,26H,7-8,12,15-16H2,1H3,(H,40,41)/t20-,23-/m0/s1. The molecule has 2 fully saturated rings. The van der Waals surface area contributed by atoms with Crippen molar-refractivity contribution in [2.75, 3.05) is 36.5 Å². The van der Waals surface area contributed by atoms with Gasteiger partial charge >= 0.3 is 5.97 Å². The topological polar surface area (TPSA) is 101 Å². The number of rotatable bonds is 9. The highest BCUT2D eigenvalue weighted by Gasteiger charge is 2.42. The molecule has 2 atom stereocenters.